The molecule has 0 heterocycles. The minimum Gasteiger partial charge on any atom is -0.406 e. The van der Waals surface area contributed by atoms with Crippen LogP contribution in [0, 0.1) is 0 Å². The van der Waals surface area contributed by atoms with E-state index in [0.717, 1.165) is 18.4 Å². The fraction of sp³-hybridized carbons (Fsp3) is 0.429. The molecule has 1 aromatic carbocycles. The van der Waals surface area contributed by atoms with E-state index in [4.69, 9.17) is 4.43 Å². The van der Waals surface area contributed by atoms with Crippen molar-refractivity contribution in [1.82, 2.24) is 0 Å². The van der Waals surface area contributed by atoms with Crippen LogP contribution in [0.25, 0.3) is 6.08 Å². The smallest absolute Gasteiger partial charge is 0.269 e. The number of hydrogen-bond donors (Lipinski definition) is 0. The van der Waals surface area contributed by atoms with Gasteiger partial charge in [-0.1, -0.05) is 50.3 Å². The Morgan fingerprint density at radius 1 is 1.44 bits per heavy atom. The first-order valence-electron chi connectivity index (χ1n) is 5.74. The van der Waals surface area contributed by atoms with Gasteiger partial charge in [0, 0.05) is 0 Å². The van der Waals surface area contributed by atoms with Gasteiger partial charge in [0.15, 0.2) is 0 Å². The van der Waals surface area contributed by atoms with Gasteiger partial charge in [-0.15, -0.1) is 0 Å². The summed E-state index contributed by atoms with van der Waals surface area (Å²) < 4.78 is 5.95. The predicted molar refractivity (Wildman–Crippen MR) is 72.0 cm³/mol. The van der Waals surface area contributed by atoms with E-state index >= 15 is 0 Å². The van der Waals surface area contributed by atoms with Gasteiger partial charge in [0.05, 0.1) is 5.60 Å². The van der Waals surface area contributed by atoms with E-state index in [9.17, 15) is 0 Å². The van der Waals surface area contributed by atoms with Gasteiger partial charge in [-0.05, 0) is 31.0 Å². The lowest BCUT2D eigenvalue weighted by atomic mass is 10.0. The lowest BCUT2D eigenvalue weighted by molar-refractivity contribution is 0.107. The molecule has 0 bridgehead atoms. The van der Waals surface area contributed by atoms with Gasteiger partial charge in [-0.3, -0.25) is 0 Å². The monoisotopic (exact) mass is 232 g/mol. The Morgan fingerprint density at radius 2 is 2.19 bits per heavy atom. The van der Waals surface area contributed by atoms with Crippen molar-refractivity contribution in [3.05, 3.63) is 36.4 Å². The number of hydrogen-bond acceptors (Lipinski definition) is 1. The average molecular weight is 232 g/mol. The summed E-state index contributed by atoms with van der Waals surface area (Å²) in [6.07, 6.45) is 4.12. The molecule has 0 aliphatic carbocycles. The van der Waals surface area contributed by atoms with Crippen LogP contribution in [0.5, 0.6) is 0 Å². The highest BCUT2D eigenvalue weighted by molar-refractivity contribution is 6.47. The topological polar surface area (TPSA) is 9.23 Å². The maximum atomic E-state index is 5.95. The first-order chi connectivity index (χ1) is 7.57. The van der Waals surface area contributed by atoms with E-state index in [1.165, 1.54) is 5.19 Å². The molecule has 1 rings (SSSR count). The van der Waals surface area contributed by atoms with Gasteiger partial charge in [0.1, 0.15) is 0 Å². The van der Waals surface area contributed by atoms with E-state index in [1.807, 2.05) is 6.08 Å². The Labute approximate surface area is 101 Å². The van der Waals surface area contributed by atoms with Crippen LogP contribution >= 0.6 is 0 Å². The third kappa shape index (κ3) is 4.33. The molecule has 0 saturated heterocycles. The van der Waals surface area contributed by atoms with E-state index in [0.29, 0.717) is 9.76 Å². The summed E-state index contributed by atoms with van der Waals surface area (Å²) in [4.78, 5) is 0. The highest BCUT2D eigenvalue weighted by Crippen LogP contribution is 2.15. The van der Waals surface area contributed by atoms with Crippen LogP contribution in [0.3, 0.4) is 0 Å². The molecular weight excluding hydrogens is 212 g/mol. The van der Waals surface area contributed by atoms with E-state index in [1.54, 1.807) is 0 Å². The number of benzene rings is 1. The quantitative estimate of drug-likeness (QED) is 0.685. The van der Waals surface area contributed by atoms with Crippen LogP contribution in [0.4, 0.5) is 0 Å². The molecule has 0 aromatic heterocycles. The zero-order valence-electron chi connectivity index (χ0n) is 10.4. The second-order valence-corrected chi connectivity index (χ2v) is 5.53. The lowest BCUT2D eigenvalue weighted by Gasteiger charge is -2.24. The molecule has 0 atom stereocenters. The summed E-state index contributed by atoms with van der Waals surface area (Å²) in [5, 5.41) is 1.24. The van der Waals surface area contributed by atoms with Gasteiger partial charge in [-0.2, -0.15) is 0 Å². The highest BCUT2D eigenvalue weighted by atomic mass is 28.2. The average Bonchev–Trinajstić information content (AvgIpc) is 2.27. The Hall–Kier alpha value is -0.863. The van der Waals surface area contributed by atoms with Crippen molar-refractivity contribution in [2.75, 3.05) is 0 Å². The van der Waals surface area contributed by atoms with Gasteiger partial charge in [0.2, 0.25) is 0 Å². The maximum Gasteiger partial charge on any atom is 0.269 e. The second-order valence-electron chi connectivity index (χ2n) is 4.54. The Kier molecular flexibility index (Phi) is 4.96. The third-order valence-electron chi connectivity index (χ3n) is 2.42. The molecule has 1 nitrogen and oxygen atoms in total. The molecule has 16 heavy (non-hydrogen) atoms. The first kappa shape index (κ1) is 13.2. The summed E-state index contributed by atoms with van der Waals surface area (Å²) in [7, 11) is 0.417. The minimum atomic E-state index is -0.0165. The van der Waals surface area contributed by atoms with Crippen molar-refractivity contribution in [3.8, 4) is 0 Å². The standard InChI is InChI=1S/C14H20OSi/c1-5-10-14(3,4)15-16-13-9-7-8-12(6-2)11-13/h6-9,11H,2,5,10H2,1,3-4H3. The molecule has 0 N–H and O–H groups in total. The molecule has 2 radical (unpaired) electrons. The summed E-state index contributed by atoms with van der Waals surface area (Å²) >= 11 is 0. The van der Waals surface area contributed by atoms with Crippen molar-refractivity contribution < 1.29 is 4.43 Å². The first-order valence-corrected chi connectivity index (χ1v) is 6.65. The van der Waals surface area contributed by atoms with E-state index < -0.39 is 0 Å². The lowest BCUT2D eigenvalue weighted by Crippen LogP contribution is -2.31. The van der Waals surface area contributed by atoms with Crippen LogP contribution in [0.15, 0.2) is 30.8 Å². The largest absolute Gasteiger partial charge is 0.406 e. The van der Waals surface area contributed by atoms with Crippen molar-refractivity contribution in [3.63, 3.8) is 0 Å². The van der Waals surface area contributed by atoms with Crippen LogP contribution in [-0.4, -0.2) is 15.4 Å². The van der Waals surface area contributed by atoms with Gasteiger partial charge < -0.3 is 4.43 Å². The molecule has 86 valence electrons. The van der Waals surface area contributed by atoms with Gasteiger partial charge in [0.25, 0.3) is 9.76 Å². The van der Waals surface area contributed by atoms with Crippen LogP contribution in [-0.2, 0) is 4.43 Å². The minimum absolute atomic E-state index is 0.0165. The Bertz CT molecular complexity index is 344. The summed E-state index contributed by atoms with van der Waals surface area (Å²) in [6.45, 7) is 10.3. The molecule has 0 spiro atoms. The molecule has 0 unspecified atom stereocenters. The number of rotatable bonds is 6. The molecule has 0 amide bonds. The molecule has 0 fully saturated rings. The Morgan fingerprint density at radius 3 is 2.81 bits per heavy atom. The normalized spacial score (nSPS) is 11.4. The van der Waals surface area contributed by atoms with Crippen molar-refractivity contribution in [2.24, 2.45) is 0 Å². The zero-order chi connectivity index (χ0) is 12.0. The van der Waals surface area contributed by atoms with Gasteiger partial charge in [-0.25, -0.2) is 0 Å². The molecule has 0 aliphatic heterocycles. The van der Waals surface area contributed by atoms with Crippen LogP contribution in [0.1, 0.15) is 39.2 Å². The fourth-order valence-corrected chi connectivity index (χ4v) is 2.47. The Balaban J connectivity index is 2.57. The maximum absolute atomic E-state index is 5.95. The highest BCUT2D eigenvalue weighted by Gasteiger charge is 2.17. The zero-order valence-corrected chi connectivity index (χ0v) is 11.4. The summed E-state index contributed by atoms with van der Waals surface area (Å²) in [5.41, 5.74) is 1.14. The third-order valence-corrected chi connectivity index (χ3v) is 3.62. The molecule has 0 saturated carbocycles. The van der Waals surface area contributed by atoms with Crippen molar-refractivity contribution in [1.29, 1.82) is 0 Å². The predicted octanol–water partition coefficient (Wildman–Crippen LogP) is 3.17. The van der Waals surface area contributed by atoms with Crippen LogP contribution in [0.2, 0.25) is 0 Å². The summed E-state index contributed by atoms with van der Waals surface area (Å²) in [5.74, 6) is 0. The molecule has 1 aromatic rings. The molecular formula is C14H20OSi. The van der Waals surface area contributed by atoms with E-state index in [2.05, 4.69) is 51.6 Å². The SMILES string of the molecule is C=Cc1cccc([Si]OC(C)(C)CCC)c1. The molecule has 0 aliphatic rings. The second kappa shape index (κ2) is 6.02. The fourth-order valence-electron chi connectivity index (χ4n) is 1.58. The van der Waals surface area contributed by atoms with Gasteiger partial charge >= 0.3 is 0 Å². The summed E-state index contributed by atoms with van der Waals surface area (Å²) in [6, 6.07) is 8.34. The van der Waals surface area contributed by atoms with Crippen molar-refractivity contribution in [2.45, 2.75) is 39.2 Å². The van der Waals surface area contributed by atoms with E-state index in [-0.39, 0.29) is 5.60 Å². The van der Waals surface area contributed by atoms with Crippen LogP contribution < -0.4 is 5.19 Å². The molecule has 2 heteroatoms. The van der Waals surface area contributed by atoms with Crippen molar-refractivity contribution >= 4 is 21.0 Å².